The van der Waals surface area contributed by atoms with Gasteiger partial charge in [0.15, 0.2) is 5.82 Å². The first-order valence-electron chi connectivity index (χ1n) is 12.2. The van der Waals surface area contributed by atoms with E-state index in [1.165, 1.54) is 48.5 Å². The molecule has 40 heavy (non-hydrogen) atoms. The minimum Gasteiger partial charge on any atom is -0.307 e. The predicted molar refractivity (Wildman–Crippen MR) is 151 cm³/mol. The summed E-state index contributed by atoms with van der Waals surface area (Å²) in [5, 5.41) is 4.78. The number of rotatable bonds is 8. The molecule has 5 rings (SSSR count). The van der Waals surface area contributed by atoms with Gasteiger partial charge >= 0.3 is 0 Å². The van der Waals surface area contributed by atoms with Crippen LogP contribution in [0.3, 0.4) is 0 Å². The van der Waals surface area contributed by atoms with Crippen LogP contribution in [-0.2, 0) is 16.6 Å². The highest BCUT2D eigenvalue weighted by Crippen LogP contribution is 2.42. The van der Waals surface area contributed by atoms with Gasteiger partial charge in [-0.2, -0.15) is 5.10 Å². The van der Waals surface area contributed by atoms with E-state index < -0.39 is 33.1 Å². The van der Waals surface area contributed by atoms with E-state index in [4.69, 9.17) is 11.6 Å². The summed E-state index contributed by atoms with van der Waals surface area (Å²) >= 11 is 7.13. The van der Waals surface area contributed by atoms with Crippen molar-refractivity contribution < 1.29 is 22.0 Å². The number of carbonyl (C=O) groups excluding carboxylic acids is 1. The molecule has 0 aliphatic heterocycles. The van der Waals surface area contributed by atoms with Crippen LogP contribution < -0.4 is 4.72 Å². The van der Waals surface area contributed by atoms with E-state index in [-0.39, 0.29) is 20.3 Å². The molecule has 0 atom stereocenters. The first kappa shape index (κ1) is 27.9. The van der Waals surface area contributed by atoms with Crippen molar-refractivity contribution in [2.45, 2.75) is 41.5 Å². The molecule has 0 saturated carbocycles. The quantitative estimate of drug-likeness (QED) is 0.213. The maximum Gasteiger partial charge on any atom is 0.268 e. The van der Waals surface area contributed by atoms with Crippen molar-refractivity contribution in [2.75, 3.05) is 0 Å². The fraction of sp³-hybridized carbons (Fsp3) is 0.143. The van der Waals surface area contributed by atoms with Crippen LogP contribution in [-0.4, -0.2) is 28.7 Å². The second-order valence-electron chi connectivity index (χ2n) is 8.94. The number of carbonyl (C=O) groups is 1. The third-order valence-corrected chi connectivity index (χ3v) is 9.13. The largest absolute Gasteiger partial charge is 0.307 e. The van der Waals surface area contributed by atoms with Crippen molar-refractivity contribution >= 4 is 50.2 Å². The molecule has 0 fully saturated rings. The Morgan fingerprint density at radius 2 is 1.80 bits per heavy atom. The number of nitrogens with one attached hydrogen (secondary N) is 1. The number of amides is 1. The summed E-state index contributed by atoms with van der Waals surface area (Å²) in [5.41, 5.74) is 0.995. The summed E-state index contributed by atoms with van der Waals surface area (Å²) in [5.74, 6) is -2.64. The van der Waals surface area contributed by atoms with Crippen LogP contribution in [0.5, 0.6) is 0 Å². The van der Waals surface area contributed by atoms with E-state index in [0.717, 1.165) is 18.2 Å². The summed E-state index contributed by atoms with van der Waals surface area (Å²) in [7, 11) is -4.21. The molecule has 2 heterocycles. The van der Waals surface area contributed by atoms with E-state index in [1.807, 2.05) is 11.6 Å². The number of benzene rings is 3. The lowest BCUT2D eigenvalue weighted by molar-refractivity contribution is 0.0977. The Morgan fingerprint density at radius 1 is 1.05 bits per heavy atom. The van der Waals surface area contributed by atoms with Gasteiger partial charge in [-0.3, -0.25) is 9.48 Å². The van der Waals surface area contributed by atoms with Gasteiger partial charge in [-0.05, 0) is 49.7 Å². The lowest BCUT2D eigenvalue weighted by atomic mass is 10.2. The fourth-order valence-electron chi connectivity index (χ4n) is 4.39. The Hall–Kier alpha value is -3.67. The third-order valence-electron chi connectivity index (χ3n) is 6.23. The predicted octanol–water partition coefficient (Wildman–Crippen LogP) is 6.75. The smallest absolute Gasteiger partial charge is 0.268 e. The Morgan fingerprint density at radius 3 is 2.52 bits per heavy atom. The maximum atomic E-state index is 15.7. The van der Waals surface area contributed by atoms with Crippen LogP contribution in [0.4, 0.5) is 8.78 Å². The minimum absolute atomic E-state index is 0.0592. The fourth-order valence-corrected chi connectivity index (χ4v) is 6.61. The molecule has 7 nitrogen and oxygen atoms in total. The van der Waals surface area contributed by atoms with Gasteiger partial charge < -0.3 is 4.57 Å². The Labute approximate surface area is 238 Å². The van der Waals surface area contributed by atoms with E-state index in [2.05, 4.69) is 5.10 Å². The van der Waals surface area contributed by atoms with Gasteiger partial charge in [0.05, 0.1) is 32.9 Å². The average molecular weight is 601 g/mol. The molecule has 2 aromatic heterocycles. The van der Waals surface area contributed by atoms with Crippen molar-refractivity contribution in [1.82, 2.24) is 19.1 Å². The second-order valence-corrected chi connectivity index (χ2v) is 12.1. The Balaban J connectivity index is 1.55. The van der Waals surface area contributed by atoms with Crippen LogP contribution in [0.25, 0.3) is 16.6 Å². The number of nitrogens with zero attached hydrogens (tertiary/aromatic N) is 3. The lowest BCUT2D eigenvalue weighted by Gasteiger charge is -2.10. The van der Waals surface area contributed by atoms with Gasteiger partial charge in [0.2, 0.25) is 0 Å². The minimum atomic E-state index is -4.21. The average Bonchev–Trinajstić information content (AvgIpc) is 3.50. The topological polar surface area (TPSA) is 86.0 Å². The molecular weight excluding hydrogens is 578 g/mol. The van der Waals surface area contributed by atoms with Gasteiger partial charge in [-0.25, -0.2) is 21.9 Å². The number of hydrogen-bond acceptors (Lipinski definition) is 5. The number of aryl methyl sites for hydroxylation is 1. The first-order valence-corrected chi connectivity index (χ1v) is 14.9. The molecule has 5 aromatic rings. The van der Waals surface area contributed by atoms with Gasteiger partial charge in [0, 0.05) is 33.6 Å². The Bertz CT molecular complexity index is 1850. The second kappa shape index (κ2) is 11.1. The van der Waals surface area contributed by atoms with Crippen molar-refractivity contribution in [3.05, 3.63) is 101 Å². The van der Waals surface area contributed by atoms with E-state index in [9.17, 15) is 13.2 Å². The van der Waals surface area contributed by atoms with Crippen LogP contribution in [0.15, 0.2) is 87.7 Å². The number of hydrogen-bond donors (Lipinski definition) is 1. The molecule has 1 N–H and O–H groups in total. The van der Waals surface area contributed by atoms with Crippen LogP contribution in [0.1, 0.15) is 29.4 Å². The SMILES string of the molecule is CCCn1cc(-n2c(C)c(Sc3cccc(C(=O)NS(=O)(=O)c4ccccc4)c3F)c3ccc(Cl)c(F)c32)cn1. The standard InChI is InChI=1S/C28H23ClF2N4O3S2/c1-3-14-34-16-18(15-32-34)35-17(2)27(21-12-13-22(29)25(31)26(21)35)39-23-11-7-10-20(24(23)30)28(36)33-40(37,38)19-8-5-4-6-9-19/h4-13,15-16H,3,14H2,1-2H3,(H,33,36). The highest BCUT2D eigenvalue weighted by atomic mass is 35.5. The normalized spacial score (nSPS) is 11.7. The molecule has 0 saturated heterocycles. The van der Waals surface area contributed by atoms with Crippen molar-refractivity contribution in [3.63, 3.8) is 0 Å². The van der Waals surface area contributed by atoms with E-state index in [1.54, 1.807) is 40.7 Å². The van der Waals surface area contributed by atoms with Crippen molar-refractivity contribution in [2.24, 2.45) is 0 Å². The lowest BCUT2D eigenvalue weighted by Crippen LogP contribution is -2.31. The summed E-state index contributed by atoms with van der Waals surface area (Å²) in [6.07, 6.45) is 4.28. The number of halogens is 3. The Kier molecular flexibility index (Phi) is 7.72. The third kappa shape index (κ3) is 5.12. The zero-order chi connectivity index (χ0) is 28.6. The molecule has 1 amide bonds. The molecule has 206 valence electrons. The first-order chi connectivity index (χ1) is 19.1. The van der Waals surface area contributed by atoms with E-state index >= 15 is 8.78 Å². The molecule has 0 aliphatic rings. The summed E-state index contributed by atoms with van der Waals surface area (Å²) < 4.78 is 61.7. The van der Waals surface area contributed by atoms with Gasteiger partial charge in [-0.1, -0.05) is 54.6 Å². The zero-order valence-corrected chi connectivity index (χ0v) is 23.7. The molecule has 3 aromatic carbocycles. The van der Waals surface area contributed by atoms with Crippen LogP contribution >= 0.6 is 23.4 Å². The maximum absolute atomic E-state index is 15.7. The van der Waals surface area contributed by atoms with Crippen LogP contribution in [0.2, 0.25) is 5.02 Å². The number of aromatic nitrogens is 3. The highest BCUT2D eigenvalue weighted by molar-refractivity contribution is 7.99. The molecule has 12 heteroatoms. The molecular formula is C28H23ClF2N4O3S2. The molecule has 0 aliphatic carbocycles. The molecule has 0 bridgehead atoms. The molecule has 0 spiro atoms. The summed E-state index contributed by atoms with van der Waals surface area (Å²) in [4.78, 5) is 13.3. The molecule has 0 unspecified atom stereocenters. The zero-order valence-electron chi connectivity index (χ0n) is 21.4. The molecule has 0 radical (unpaired) electrons. The highest BCUT2D eigenvalue weighted by Gasteiger charge is 2.25. The number of fused-ring (bicyclic) bond motifs is 1. The monoisotopic (exact) mass is 600 g/mol. The van der Waals surface area contributed by atoms with Gasteiger partial charge in [0.1, 0.15) is 5.82 Å². The van der Waals surface area contributed by atoms with Gasteiger partial charge in [-0.15, -0.1) is 0 Å². The van der Waals surface area contributed by atoms with Crippen LogP contribution in [0, 0.1) is 18.6 Å². The van der Waals surface area contributed by atoms with Gasteiger partial charge in [0.25, 0.3) is 15.9 Å². The number of sulfonamides is 1. The summed E-state index contributed by atoms with van der Waals surface area (Å²) in [6.45, 7) is 4.47. The summed E-state index contributed by atoms with van der Waals surface area (Å²) in [6, 6.07) is 14.5. The van der Waals surface area contributed by atoms with Crippen molar-refractivity contribution in [1.29, 1.82) is 0 Å². The van der Waals surface area contributed by atoms with Crippen molar-refractivity contribution in [3.8, 4) is 5.69 Å². The van der Waals surface area contributed by atoms with E-state index in [0.29, 0.717) is 28.2 Å².